The van der Waals surface area contributed by atoms with E-state index < -0.39 is 47.2 Å². The molecule has 1 aromatic rings. The van der Waals surface area contributed by atoms with Crippen LogP contribution < -0.4 is 4.74 Å². The number of esters is 1. The van der Waals surface area contributed by atoms with Gasteiger partial charge in [0.2, 0.25) is 34.8 Å². The van der Waals surface area contributed by atoms with Crippen molar-refractivity contribution in [2.45, 2.75) is 39.0 Å². The molecule has 7 nitrogen and oxygen atoms in total. The van der Waals surface area contributed by atoms with Crippen molar-refractivity contribution in [1.82, 2.24) is 0 Å². The summed E-state index contributed by atoms with van der Waals surface area (Å²) in [4.78, 5) is 11.6. The van der Waals surface area contributed by atoms with Gasteiger partial charge in [0.25, 0.3) is 0 Å². The number of halogens is 5. The zero-order chi connectivity index (χ0) is 25.9. The normalized spacial score (nSPS) is 11.3. The predicted molar refractivity (Wildman–Crippen MR) is 115 cm³/mol. The minimum atomic E-state index is -2.34. The van der Waals surface area contributed by atoms with Gasteiger partial charge in [0.15, 0.2) is 0 Å². The van der Waals surface area contributed by atoms with Crippen LogP contribution in [0, 0.1) is 29.1 Å². The lowest BCUT2D eigenvalue weighted by molar-refractivity contribution is -0.136. The SMILES string of the molecule is CCCCCCOCCOCCOCCOCCOCCC(=O)Oc1c(F)c(F)c(F)c(F)c1F. The molecule has 1 rings (SSSR count). The van der Waals surface area contributed by atoms with Crippen LogP contribution in [0.3, 0.4) is 0 Å². The van der Waals surface area contributed by atoms with Gasteiger partial charge in [-0.2, -0.15) is 8.78 Å². The molecule has 0 aromatic heterocycles. The van der Waals surface area contributed by atoms with Gasteiger partial charge in [-0.3, -0.25) is 4.79 Å². The monoisotopic (exact) mass is 516 g/mol. The second-order valence-corrected chi connectivity index (χ2v) is 7.25. The average Bonchev–Trinajstić information content (AvgIpc) is 2.85. The van der Waals surface area contributed by atoms with Crippen molar-refractivity contribution >= 4 is 5.97 Å². The molecular weight excluding hydrogens is 483 g/mol. The van der Waals surface area contributed by atoms with Crippen LogP contribution in [0.5, 0.6) is 5.75 Å². The maximum atomic E-state index is 13.5. The van der Waals surface area contributed by atoms with Crippen molar-refractivity contribution in [3.05, 3.63) is 29.1 Å². The van der Waals surface area contributed by atoms with Gasteiger partial charge < -0.3 is 28.4 Å². The maximum absolute atomic E-state index is 13.5. The molecule has 0 aliphatic rings. The predicted octanol–water partition coefficient (Wildman–Crippen LogP) is 4.34. The van der Waals surface area contributed by atoms with Crippen LogP contribution in [-0.4, -0.2) is 72.0 Å². The lowest BCUT2D eigenvalue weighted by Crippen LogP contribution is -2.16. The summed E-state index contributed by atoms with van der Waals surface area (Å²) in [5, 5.41) is 0. The van der Waals surface area contributed by atoms with Crippen LogP contribution in [0.4, 0.5) is 22.0 Å². The molecule has 0 fully saturated rings. The minimum absolute atomic E-state index is 0.108. The van der Waals surface area contributed by atoms with Crippen LogP contribution in [-0.2, 0) is 28.5 Å². The number of hydrogen-bond donors (Lipinski definition) is 0. The summed E-state index contributed by atoms with van der Waals surface area (Å²) in [6.07, 6.45) is 4.21. The molecule has 1 aromatic carbocycles. The van der Waals surface area contributed by atoms with Crippen molar-refractivity contribution in [1.29, 1.82) is 0 Å². The third kappa shape index (κ3) is 13.1. The number of ether oxygens (including phenoxy) is 6. The van der Waals surface area contributed by atoms with Crippen LogP contribution in [0.25, 0.3) is 0 Å². The lowest BCUT2D eigenvalue weighted by atomic mass is 10.2. The number of carbonyl (C=O) groups is 1. The lowest BCUT2D eigenvalue weighted by Gasteiger charge is -2.09. The molecule has 0 bridgehead atoms. The van der Waals surface area contributed by atoms with Gasteiger partial charge in [0, 0.05) is 6.61 Å². The van der Waals surface area contributed by atoms with E-state index in [1.165, 1.54) is 19.3 Å². The molecule has 0 amide bonds. The highest BCUT2D eigenvalue weighted by atomic mass is 19.2. The highest BCUT2D eigenvalue weighted by Gasteiger charge is 2.28. The number of hydrogen-bond acceptors (Lipinski definition) is 7. The van der Waals surface area contributed by atoms with Crippen LogP contribution in [0.2, 0.25) is 0 Å². The van der Waals surface area contributed by atoms with Crippen molar-refractivity contribution in [2.24, 2.45) is 0 Å². The van der Waals surface area contributed by atoms with Crippen molar-refractivity contribution < 1.29 is 55.2 Å². The molecule has 0 saturated carbocycles. The Balaban J connectivity index is 1.94. The largest absolute Gasteiger partial charge is 0.420 e. The highest BCUT2D eigenvalue weighted by molar-refractivity contribution is 5.72. The van der Waals surface area contributed by atoms with Crippen molar-refractivity contribution in [2.75, 3.05) is 66.1 Å². The summed E-state index contributed by atoms with van der Waals surface area (Å²) in [6.45, 7) is 5.63. The van der Waals surface area contributed by atoms with Gasteiger partial charge in [-0.05, 0) is 6.42 Å². The standard InChI is InChI=1S/C23H33F5O7/c1-2-3-4-5-7-30-9-11-32-13-15-34-16-14-33-12-10-31-8-6-17(29)35-23-21(27)19(25)18(24)20(26)22(23)28/h2-16H2,1H3. The first kappa shape index (κ1) is 31.2. The molecule has 202 valence electrons. The Bertz CT molecular complexity index is 708. The van der Waals surface area contributed by atoms with Crippen molar-refractivity contribution in [3.63, 3.8) is 0 Å². The number of benzene rings is 1. The molecule has 0 radical (unpaired) electrons. The van der Waals surface area contributed by atoms with E-state index in [4.69, 9.17) is 23.7 Å². The topological polar surface area (TPSA) is 72.5 Å². The van der Waals surface area contributed by atoms with Gasteiger partial charge in [0.05, 0.1) is 65.9 Å². The van der Waals surface area contributed by atoms with E-state index in [-0.39, 0.29) is 19.8 Å². The fourth-order valence-electron chi connectivity index (χ4n) is 2.61. The van der Waals surface area contributed by atoms with E-state index in [2.05, 4.69) is 11.7 Å². The summed E-state index contributed by atoms with van der Waals surface area (Å²) < 4.78 is 96.8. The van der Waals surface area contributed by atoms with E-state index in [0.717, 1.165) is 13.0 Å². The Kier molecular flexibility index (Phi) is 17.2. The molecule has 0 unspecified atom stereocenters. The average molecular weight is 517 g/mol. The molecule has 0 atom stereocenters. The fourth-order valence-corrected chi connectivity index (χ4v) is 2.61. The van der Waals surface area contributed by atoms with Crippen LogP contribution in [0.15, 0.2) is 0 Å². The second kappa shape index (κ2) is 19.3. The highest BCUT2D eigenvalue weighted by Crippen LogP contribution is 2.29. The molecule has 12 heteroatoms. The molecule has 0 aliphatic heterocycles. The molecule has 0 N–H and O–H groups in total. The van der Waals surface area contributed by atoms with Gasteiger partial charge in [-0.25, -0.2) is 13.2 Å². The van der Waals surface area contributed by atoms with Gasteiger partial charge in [0.1, 0.15) is 0 Å². The summed E-state index contributed by atoms with van der Waals surface area (Å²) in [5.41, 5.74) is 0. The summed E-state index contributed by atoms with van der Waals surface area (Å²) in [7, 11) is 0. The number of rotatable bonds is 21. The Hall–Kier alpha value is -1.86. The first-order chi connectivity index (χ1) is 16.9. The van der Waals surface area contributed by atoms with Crippen molar-refractivity contribution in [3.8, 4) is 5.75 Å². The van der Waals surface area contributed by atoms with E-state index in [1.807, 2.05) is 0 Å². The smallest absolute Gasteiger partial charge is 0.313 e. The third-order valence-corrected chi connectivity index (χ3v) is 4.47. The first-order valence-corrected chi connectivity index (χ1v) is 11.5. The zero-order valence-corrected chi connectivity index (χ0v) is 19.9. The quantitative estimate of drug-likeness (QED) is 0.0601. The van der Waals surface area contributed by atoms with Gasteiger partial charge in [-0.1, -0.05) is 26.2 Å². The number of unbranched alkanes of at least 4 members (excludes halogenated alkanes) is 3. The summed E-state index contributed by atoms with van der Waals surface area (Å²) in [5.74, 6) is -14.0. The Morgan fingerprint density at radius 3 is 1.40 bits per heavy atom. The molecular formula is C23H33F5O7. The third-order valence-electron chi connectivity index (χ3n) is 4.47. The molecule has 0 spiro atoms. The summed E-state index contributed by atoms with van der Waals surface area (Å²) >= 11 is 0. The first-order valence-electron chi connectivity index (χ1n) is 11.5. The Morgan fingerprint density at radius 2 is 0.943 bits per heavy atom. The van der Waals surface area contributed by atoms with Crippen LogP contribution >= 0.6 is 0 Å². The molecule has 0 aliphatic carbocycles. The van der Waals surface area contributed by atoms with E-state index in [9.17, 15) is 26.7 Å². The van der Waals surface area contributed by atoms with E-state index in [0.29, 0.717) is 39.6 Å². The summed E-state index contributed by atoms with van der Waals surface area (Å²) in [6, 6.07) is 0. The van der Waals surface area contributed by atoms with Gasteiger partial charge in [-0.15, -0.1) is 0 Å². The zero-order valence-electron chi connectivity index (χ0n) is 19.9. The molecule has 35 heavy (non-hydrogen) atoms. The minimum Gasteiger partial charge on any atom is -0.420 e. The Labute approximate surface area is 201 Å². The second-order valence-electron chi connectivity index (χ2n) is 7.25. The fraction of sp³-hybridized carbons (Fsp3) is 0.696. The molecule has 0 saturated heterocycles. The van der Waals surface area contributed by atoms with Crippen LogP contribution in [0.1, 0.15) is 39.0 Å². The maximum Gasteiger partial charge on any atom is 0.313 e. The molecule has 0 heterocycles. The van der Waals surface area contributed by atoms with E-state index in [1.54, 1.807) is 0 Å². The van der Waals surface area contributed by atoms with Gasteiger partial charge >= 0.3 is 5.97 Å². The van der Waals surface area contributed by atoms with E-state index >= 15 is 0 Å². The number of carbonyl (C=O) groups excluding carboxylic acids is 1. The Morgan fingerprint density at radius 1 is 0.543 bits per heavy atom.